The first kappa shape index (κ1) is 15.1. The molecule has 2 aliphatic heterocycles. The monoisotopic (exact) mass is 285 g/mol. The molecule has 0 aromatic heterocycles. The second-order valence-corrected chi connectivity index (χ2v) is 6.50. The van der Waals surface area contributed by atoms with Crippen molar-refractivity contribution in [2.75, 3.05) is 26.3 Å². The SMILES string of the molecule is CCOC(=O)CC1(C2CO2)CN(C(=O)OC(C)(C)C)C1. The molecule has 0 aromatic carbocycles. The van der Waals surface area contributed by atoms with Crippen LogP contribution in [-0.2, 0) is 19.0 Å². The quantitative estimate of drug-likeness (QED) is 0.579. The molecular formula is C14H23NO5. The van der Waals surface area contributed by atoms with Gasteiger partial charge in [0.2, 0.25) is 0 Å². The Labute approximate surface area is 119 Å². The van der Waals surface area contributed by atoms with Gasteiger partial charge in [0, 0.05) is 18.5 Å². The highest BCUT2D eigenvalue weighted by Crippen LogP contribution is 2.44. The van der Waals surface area contributed by atoms with Crippen molar-refractivity contribution < 1.29 is 23.8 Å². The molecule has 1 atom stereocenters. The van der Waals surface area contributed by atoms with Crippen molar-refractivity contribution in [3.05, 3.63) is 0 Å². The average Bonchev–Trinajstić information content (AvgIpc) is 3.04. The molecule has 6 heteroatoms. The summed E-state index contributed by atoms with van der Waals surface area (Å²) in [6, 6.07) is 0. The first-order valence-electron chi connectivity index (χ1n) is 7.01. The van der Waals surface area contributed by atoms with Gasteiger partial charge in [-0.05, 0) is 27.7 Å². The molecular weight excluding hydrogens is 262 g/mol. The van der Waals surface area contributed by atoms with Crippen LogP contribution in [0.5, 0.6) is 0 Å². The standard InChI is InChI=1S/C14H23NO5/c1-5-18-11(16)6-14(10-7-19-10)8-15(9-14)12(17)20-13(2,3)4/h10H,5-9H2,1-4H3. The van der Waals surface area contributed by atoms with Crippen LogP contribution in [0.2, 0.25) is 0 Å². The fourth-order valence-corrected chi connectivity index (χ4v) is 2.50. The predicted molar refractivity (Wildman–Crippen MR) is 71.2 cm³/mol. The van der Waals surface area contributed by atoms with Crippen molar-refractivity contribution in [1.29, 1.82) is 0 Å². The van der Waals surface area contributed by atoms with Gasteiger partial charge in [0.25, 0.3) is 0 Å². The largest absolute Gasteiger partial charge is 0.466 e. The minimum Gasteiger partial charge on any atom is -0.466 e. The van der Waals surface area contributed by atoms with Crippen LogP contribution in [0.15, 0.2) is 0 Å². The highest BCUT2D eigenvalue weighted by molar-refractivity contribution is 5.73. The van der Waals surface area contributed by atoms with Crippen LogP contribution < -0.4 is 0 Å². The van der Waals surface area contributed by atoms with Crippen LogP contribution in [0.1, 0.15) is 34.1 Å². The van der Waals surface area contributed by atoms with Gasteiger partial charge in [-0.25, -0.2) is 4.79 Å². The molecule has 0 aliphatic carbocycles. The van der Waals surface area contributed by atoms with Gasteiger partial charge < -0.3 is 19.1 Å². The van der Waals surface area contributed by atoms with E-state index in [0.717, 1.165) is 0 Å². The predicted octanol–water partition coefficient (Wildman–Crippen LogP) is 1.58. The minimum absolute atomic E-state index is 0.0607. The highest BCUT2D eigenvalue weighted by atomic mass is 16.6. The maximum Gasteiger partial charge on any atom is 0.410 e. The molecule has 114 valence electrons. The topological polar surface area (TPSA) is 68.4 Å². The minimum atomic E-state index is -0.507. The van der Waals surface area contributed by atoms with E-state index >= 15 is 0 Å². The normalized spacial score (nSPS) is 23.8. The third kappa shape index (κ3) is 3.42. The van der Waals surface area contributed by atoms with E-state index in [1.165, 1.54) is 0 Å². The number of hydrogen-bond acceptors (Lipinski definition) is 5. The van der Waals surface area contributed by atoms with Crippen LogP contribution >= 0.6 is 0 Å². The average molecular weight is 285 g/mol. The third-order valence-electron chi connectivity index (χ3n) is 3.48. The first-order chi connectivity index (χ1) is 9.26. The van der Waals surface area contributed by atoms with Crippen LogP contribution in [0.25, 0.3) is 0 Å². The number of ether oxygens (including phenoxy) is 3. The zero-order chi connectivity index (χ0) is 15.0. The Hall–Kier alpha value is -1.30. The second kappa shape index (κ2) is 5.24. The van der Waals surface area contributed by atoms with Crippen molar-refractivity contribution >= 4 is 12.1 Å². The van der Waals surface area contributed by atoms with E-state index in [2.05, 4.69) is 0 Å². The number of carbonyl (C=O) groups is 2. The summed E-state index contributed by atoms with van der Waals surface area (Å²) in [5.41, 5.74) is -0.796. The van der Waals surface area contributed by atoms with E-state index in [1.807, 2.05) is 20.8 Å². The molecule has 0 saturated carbocycles. The molecule has 0 bridgehead atoms. The van der Waals surface area contributed by atoms with Gasteiger partial charge in [0.1, 0.15) is 5.60 Å². The van der Waals surface area contributed by atoms with E-state index in [0.29, 0.717) is 32.7 Å². The molecule has 1 unspecified atom stereocenters. The Morgan fingerprint density at radius 3 is 2.40 bits per heavy atom. The van der Waals surface area contributed by atoms with Crippen LogP contribution in [-0.4, -0.2) is 55.0 Å². The molecule has 2 saturated heterocycles. The smallest absolute Gasteiger partial charge is 0.410 e. The van der Waals surface area contributed by atoms with Gasteiger partial charge in [0.15, 0.2) is 0 Å². The van der Waals surface area contributed by atoms with Crippen LogP contribution in [0.3, 0.4) is 0 Å². The summed E-state index contributed by atoms with van der Waals surface area (Å²) in [5.74, 6) is -0.230. The zero-order valence-corrected chi connectivity index (χ0v) is 12.6. The summed E-state index contributed by atoms with van der Waals surface area (Å²) in [5, 5.41) is 0. The number of epoxide rings is 1. The number of likely N-dealkylation sites (tertiary alicyclic amines) is 1. The Balaban J connectivity index is 1.89. The molecule has 0 spiro atoms. The van der Waals surface area contributed by atoms with Crippen LogP contribution in [0, 0.1) is 5.41 Å². The van der Waals surface area contributed by atoms with E-state index in [9.17, 15) is 9.59 Å². The summed E-state index contributed by atoms with van der Waals surface area (Å²) in [6.07, 6.45) is 0.0216. The molecule has 6 nitrogen and oxygen atoms in total. The number of amides is 1. The lowest BCUT2D eigenvalue weighted by Gasteiger charge is -2.48. The van der Waals surface area contributed by atoms with Crippen LogP contribution in [0.4, 0.5) is 4.79 Å². The zero-order valence-electron chi connectivity index (χ0n) is 12.6. The fraction of sp³-hybridized carbons (Fsp3) is 0.857. The third-order valence-corrected chi connectivity index (χ3v) is 3.48. The molecule has 20 heavy (non-hydrogen) atoms. The Morgan fingerprint density at radius 1 is 1.35 bits per heavy atom. The number of esters is 1. The van der Waals surface area contributed by atoms with Gasteiger partial charge in [-0.3, -0.25) is 4.79 Å². The number of nitrogens with zero attached hydrogens (tertiary/aromatic N) is 1. The van der Waals surface area contributed by atoms with E-state index in [4.69, 9.17) is 14.2 Å². The number of carbonyl (C=O) groups excluding carboxylic acids is 2. The van der Waals surface area contributed by atoms with E-state index < -0.39 is 5.60 Å². The Morgan fingerprint density at radius 2 is 1.95 bits per heavy atom. The van der Waals surface area contributed by atoms with E-state index in [-0.39, 0.29) is 23.6 Å². The summed E-state index contributed by atoms with van der Waals surface area (Å²) in [4.78, 5) is 25.2. The maximum absolute atomic E-state index is 11.9. The fourth-order valence-electron chi connectivity index (χ4n) is 2.50. The number of rotatable bonds is 4. The molecule has 0 N–H and O–H groups in total. The number of hydrogen-bond donors (Lipinski definition) is 0. The molecule has 1 amide bonds. The van der Waals surface area contributed by atoms with Gasteiger partial charge >= 0.3 is 12.1 Å². The molecule has 2 heterocycles. The van der Waals surface area contributed by atoms with Crippen molar-refractivity contribution in [2.24, 2.45) is 5.41 Å². The first-order valence-corrected chi connectivity index (χ1v) is 7.01. The Kier molecular flexibility index (Phi) is 3.95. The highest BCUT2D eigenvalue weighted by Gasteiger charge is 2.57. The lowest BCUT2D eigenvalue weighted by atomic mass is 9.74. The van der Waals surface area contributed by atoms with Gasteiger partial charge in [0.05, 0.1) is 25.7 Å². The van der Waals surface area contributed by atoms with Crippen molar-refractivity contribution in [3.8, 4) is 0 Å². The summed E-state index contributed by atoms with van der Waals surface area (Å²) < 4.78 is 15.7. The van der Waals surface area contributed by atoms with Gasteiger partial charge in [-0.1, -0.05) is 0 Å². The lowest BCUT2D eigenvalue weighted by molar-refractivity contribution is -0.150. The van der Waals surface area contributed by atoms with Crippen molar-refractivity contribution in [3.63, 3.8) is 0 Å². The molecule has 2 aliphatic rings. The summed E-state index contributed by atoms with van der Waals surface area (Å²) in [7, 11) is 0. The van der Waals surface area contributed by atoms with Crippen molar-refractivity contribution in [2.45, 2.75) is 45.8 Å². The van der Waals surface area contributed by atoms with Crippen molar-refractivity contribution in [1.82, 2.24) is 4.90 Å². The molecule has 0 radical (unpaired) electrons. The Bertz CT molecular complexity index is 391. The molecule has 0 aromatic rings. The summed E-state index contributed by atoms with van der Waals surface area (Å²) in [6.45, 7) is 9.29. The molecule has 2 rings (SSSR count). The second-order valence-electron chi connectivity index (χ2n) is 6.50. The summed E-state index contributed by atoms with van der Waals surface area (Å²) >= 11 is 0. The lowest BCUT2D eigenvalue weighted by Crippen LogP contribution is -2.62. The van der Waals surface area contributed by atoms with Gasteiger partial charge in [-0.15, -0.1) is 0 Å². The molecule has 2 fully saturated rings. The van der Waals surface area contributed by atoms with E-state index in [1.54, 1.807) is 11.8 Å². The van der Waals surface area contributed by atoms with Gasteiger partial charge in [-0.2, -0.15) is 0 Å². The maximum atomic E-state index is 11.9.